The van der Waals surface area contributed by atoms with Crippen LogP contribution in [0.1, 0.15) is 35.7 Å². The average molecular weight is 534 g/mol. The maximum Gasteiger partial charge on any atom is 0.401 e. The Morgan fingerprint density at radius 3 is 2.63 bits per heavy atom. The van der Waals surface area contributed by atoms with Gasteiger partial charge in [0.05, 0.1) is 41.8 Å². The molecule has 8 nitrogen and oxygen atoms in total. The maximum atomic E-state index is 13.8. The molecule has 1 aromatic carbocycles. The molecule has 5 rings (SSSR count). The molecule has 38 heavy (non-hydrogen) atoms. The van der Waals surface area contributed by atoms with Gasteiger partial charge in [-0.1, -0.05) is 0 Å². The number of aromatic nitrogens is 5. The molecule has 13 heteroatoms. The maximum absolute atomic E-state index is 13.8. The number of hydrogen-bond acceptors (Lipinski definition) is 7. The van der Waals surface area contributed by atoms with Gasteiger partial charge in [0.2, 0.25) is 0 Å². The Hall–Kier alpha value is -3.87. The molecule has 1 saturated heterocycles. The van der Waals surface area contributed by atoms with Gasteiger partial charge in [0, 0.05) is 24.1 Å². The molecule has 1 N–H and O–H groups in total. The Morgan fingerprint density at radius 1 is 1.13 bits per heavy atom. The molecule has 1 atom stereocenters. The van der Waals surface area contributed by atoms with E-state index in [9.17, 15) is 22.0 Å². The van der Waals surface area contributed by atoms with Crippen molar-refractivity contribution in [3.8, 4) is 11.6 Å². The lowest BCUT2D eigenvalue weighted by molar-refractivity contribution is -0.143. The van der Waals surface area contributed by atoms with Crippen molar-refractivity contribution in [1.29, 1.82) is 0 Å². The second-order valence-corrected chi connectivity index (χ2v) is 9.12. The zero-order valence-corrected chi connectivity index (χ0v) is 20.5. The van der Waals surface area contributed by atoms with Crippen molar-refractivity contribution >= 4 is 22.5 Å². The standard InChI is InChI=1S/C25H24F5N7O/c1-14-3-5-21(35-34-14)32-18-9-17-19(10-20(18)38-2)37(13-31-17)22-6-4-16(24(26)27)23(33-22)15-7-8-36(11-15)12-25(28,29)30/h3-6,9-10,13,15,24H,7-8,11-12H2,1-2H3,(H,32,35). The van der Waals surface area contributed by atoms with Crippen molar-refractivity contribution in [1.82, 2.24) is 29.6 Å². The molecule has 4 heterocycles. The molecule has 1 aliphatic heterocycles. The number of aryl methyl sites for hydroxylation is 1. The van der Waals surface area contributed by atoms with Crippen LogP contribution in [-0.2, 0) is 0 Å². The van der Waals surface area contributed by atoms with Crippen LogP contribution >= 0.6 is 0 Å². The number of imidazole rings is 1. The summed E-state index contributed by atoms with van der Waals surface area (Å²) in [6, 6.07) is 9.81. The van der Waals surface area contributed by atoms with E-state index in [4.69, 9.17) is 4.74 Å². The van der Waals surface area contributed by atoms with Gasteiger partial charge in [-0.3, -0.25) is 9.47 Å². The second kappa shape index (κ2) is 10.1. The zero-order valence-electron chi connectivity index (χ0n) is 20.5. The summed E-state index contributed by atoms with van der Waals surface area (Å²) < 4.78 is 73.4. The number of ether oxygens (including phenoxy) is 1. The van der Waals surface area contributed by atoms with E-state index in [1.54, 1.807) is 22.8 Å². The number of nitrogens with zero attached hydrogens (tertiary/aromatic N) is 6. The first kappa shape index (κ1) is 25.8. The zero-order chi connectivity index (χ0) is 27.0. The van der Waals surface area contributed by atoms with E-state index in [0.717, 1.165) is 5.69 Å². The van der Waals surface area contributed by atoms with Gasteiger partial charge >= 0.3 is 6.18 Å². The van der Waals surface area contributed by atoms with E-state index in [0.29, 0.717) is 40.5 Å². The third kappa shape index (κ3) is 5.37. The highest BCUT2D eigenvalue weighted by molar-refractivity contribution is 5.85. The van der Waals surface area contributed by atoms with E-state index >= 15 is 0 Å². The van der Waals surface area contributed by atoms with Crippen molar-refractivity contribution in [3.05, 3.63) is 59.7 Å². The van der Waals surface area contributed by atoms with Crippen LogP contribution in [0.5, 0.6) is 5.75 Å². The number of nitrogens with one attached hydrogen (secondary N) is 1. The van der Waals surface area contributed by atoms with Crippen LogP contribution in [0, 0.1) is 6.92 Å². The number of hydrogen-bond donors (Lipinski definition) is 1. The summed E-state index contributed by atoms with van der Waals surface area (Å²) >= 11 is 0. The molecule has 0 amide bonds. The van der Waals surface area contributed by atoms with Crippen LogP contribution in [0.25, 0.3) is 16.9 Å². The minimum atomic E-state index is -4.36. The first-order chi connectivity index (χ1) is 18.1. The lowest BCUT2D eigenvalue weighted by Crippen LogP contribution is -2.32. The monoisotopic (exact) mass is 533 g/mol. The van der Waals surface area contributed by atoms with Crippen molar-refractivity contribution in [2.45, 2.75) is 31.9 Å². The van der Waals surface area contributed by atoms with E-state index in [-0.39, 0.29) is 24.3 Å². The van der Waals surface area contributed by atoms with E-state index in [1.807, 2.05) is 13.0 Å². The number of anilines is 2. The first-order valence-electron chi connectivity index (χ1n) is 11.8. The van der Waals surface area contributed by atoms with Gasteiger partial charge in [-0.25, -0.2) is 18.7 Å². The van der Waals surface area contributed by atoms with Crippen molar-refractivity contribution in [2.75, 3.05) is 32.1 Å². The largest absolute Gasteiger partial charge is 0.494 e. The third-order valence-electron chi connectivity index (χ3n) is 6.42. The van der Waals surface area contributed by atoms with Gasteiger partial charge in [0.15, 0.2) is 5.82 Å². The van der Waals surface area contributed by atoms with Crippen molar-refractivity contribution < 1.29 is 26.7 Å². The molecule has 0 saturated carbocycles. The Balaban J connectivity index is 1.49. The smallest absolute Gasteiger partial charge is 0.401 e. The first-order valence-corrected chi connectivity index (χ1v) is 11.8. The lowest BCUT2D eigenvalue weighted by Gasteiger charge is -2.19. The SMILES string of the molecule is COc1cc2c(cc1Nc1ccc(C)nn1)ncn2-c1ccc(C(F)F)c(C2CCN(CC(F)(F)F)C2)n1. The van der Waals surface area contributed by atoms with Crippen LogP contribution in [0.15, 0.2) is 42.7 Å². The minimum Gasteiger partial charge on any atom is -0.494 e. The number of likely N-dealkylation sites (tertiary alicyclic amines) is 1. The molecule has 200 valence electrons. The summed E-state index contributed by atoms with van der Waals surface area (Å²) in [6.45, 7) is 0.911. The number of benzene rings is 1. The molecule has 1 fully saturated rings. The van der Waals surface area contributed by atoms with Crippen LogP contribution in [0.4, 0.5) is 33.5 Å². The molecule has 1 unspecified atom stereocenters. The summed E-state index contributed by atoms with van der Waals surface area (Å²) in [5, 5.41) is 11.3. The Kier molecular flexibility index (Phi) is 6.86. The van der Waals surface area contributed by atoms with E-state index in [2.05, 4.69) is 25.5 Å². The van der Waals surface area contributed by atoms with Crippen molar-refractivity contribution in [3.63, 3.8) is 0 Å². The topological polar surface area (TPSA) is 81.0 Å². The second-order valence-electron chi connectivity index (χ2n) is 9.12. The molecule has 0 spiro atoms. The minimum absolute atomic E-state index is 0.00507. The summed E-state index contributed by atoms with van der Waals surface area (Å²) in [5.41, 5.74) is 2.38. The predicted molar refractivity (Wildman–Crippen MR) is 130 cm³/mol. The van der Waals surface area contributed by atoms with E-state index in [1.165, 1.54) is 30.5 Å². The third-order valence-corrected chi connectivity index (χ3v) is 6.42. The Bertz CT molecular complexity index is 1440. The molecule has 4 aromatic rings. The summed E-state index contributed by atoms with van der Waals surface area (Å²) in [7, 11) is 1.51. The summed E-state index contributed by atoms with van der Waals surface area (Å²) in [5.74, 6) is 0.771. The fourth-order valence-corrected chi connectivity index (χ4v) is 4.66. The summed E-state index contributed by atoms with van der Waals surface area (Å²) in [6.07, 6.45) is -5.34. The van der Waals surface area contributed by atoms with Crippen LogP contribution in [-0.4, -0.2) is 62.6 Å². The van der Waals surface area contributed by atoms with Crippen LogP contribution in [0.3, 0.4) is 0 Å². The number of fused-ring (bicyclic) bond motifs is 1. The quantitative estimate of drug-likeness (QED) is 0.312. The summed E-state index contributed by atoms with van der Waals surface area (Å²) in [4.78, 5) is 10.2. The van der Waals surface area contributed by atoms with Gasteiger partial charge in [-0.15, -0.1) is 5.10 Å². The fourth-order valence-electron chi connectivity index (χ4n) is 4.66. The molecular weight excluding hydrogens is 509 g/mol. The normalized spacial score (nSPS) is 16.5. The highest BCUT2D eigenvalue weighted by Crippen LogP contribution is 2.36. The number of methoxy groups -OCH3 is 1. The average Bonchev–Trinajstić information content (AvgIpc) is 3.50. The molecule has 0 radical (unpaired) electrons. The number of alkyl halides is 5. The molecule has 3 aromatic heterocycles. The van der Waals surface area contributed by atoms with Crippen LogP contribution in [0.2, 0.25) is 0 Å². The Morgan fingerprint density at radius 2 is 1.95 bits per heavy atom. The number of rotatable bonds is 7. The number of halogens is 5. The van der Waals surface area contributed by atoms with Gasteiger partial charge in [0.25, 0.3) is 6.43 Å². The van der Waals surface area contributed by atoms with Gasteiger partial charge in [-0.05, 0) is 50.2 Å². The number of pyridine rings is 1. The molecular formula is C25H24F5N7O. The van der Waals surface area contributed by atoms with Gasteiger partial charge in [-0.2, -0.15) is 18.3 Å². The highest BCUT2D eigenvalue weighted by Gasteiger charge is 2.36. The Labute approximate surface area is 214 Å². The lowest BCUT2D eigenvalue weighted by atomic mass is 9.99. The van der Waals surface area contributed by atoms with Crippen LogP contribution < -0.4 is 10.1 Å². The van der Waals surface area contributed by atoms with E-state index < -0.39 is 25.1 Å². The van der Waals surface area contributed by atoms with Gasteiger partial charge < -0.3 is 10.1 Å². The fraction of sp³-hybridized carbons (Fsp3) is 0.360. The highest BCUT2D eigenvalue weighted by atomic mass is 19.4. The predicted octanol–water partition coefficient (Wildman–Crippen LogP) is 5.56. The van der Waals surface area contributed by atoms with Gasteiger partial charge in [0.1, 0.15) is 17.9 Å². The molecule has 0 bridgehead atoms. The van der Waals surface area contributed by atoms with Crippen molar-refractivity contribution in [2.24, 2.45) is 0 Å². The molecule has 1 aliphatic rings. The molecule has 0 aliphatic carbocycles.